The van der Waals surface area contributed by atoms with Crippen molar-refractivity contribution in [3.05, 3.63) is 0 Å². The number of nitrogens with two attached hydrogens (primary N) is 1. The van der Waals surface area contributed by atoms with Crippen LogP contribution >= 0.6 is 0 Å². The van der Waals surface area contributed by atoms with Gasteiger partial charge in [0.05, 0.1) is 6.67 Å². The third-order valence-electron chi connectivity index (χ3n) is 2.54. The lowest BCUT2D eigenvalue weighted by molar-refractivity contribution is 0.344. The Morgan fingerprint density at radius 1 is 1.57 bits per heavy atom. The van der Waals surface area contributed by atoms with Crippen molar-refractivity contribution >= 4 is 12.1 Å². The highest BCUT2D eigenvalue weighted by Gasteiger charge is 2.15. The molecule has 0 aromatic rings. The van der Waals surface area contributed by atoms with Gasteiger partial charge in [-0.15, -0.1) is 0 Å². The molecule has 80 valence electrons. The van der Waals surface area contributed by atoms with E-state index in [9.17, 15) is 0 Å². The van der Waals surface area contributed by atoms with Gasteiger partial charge in [0.15, 0.2) is 0 Å². The third kappa shape index (κ3) is 3.98. The maximum atomic E-state index is 5.47. The van der Waals surface area contributed by atoms with Gasteiger partial charge in [0.25, 0.3) is 0 Å². The van der Waals surface area contributed by atoms with Crippen LogP contribution in [0, 0.1) is 0 Å². The number of hydrogen-bond donors (Lipinski definition) is 2. The molecule has 4 heteroatoms. The number of rotatable bonds is 6. The lowest BCUT2D eigenvalue weighted by Crippen LogP contribution is -2.35. The van der Waals surface area contributed by atoms with Gasteiger partial charge in [-0.3, -0.25) is 10.3 Å². The standard InChI is InChI=1S/C10H20N4/c1-2-9(6-11)13-7-12-8-14-10-4-3-5-10/h7,10,14H,2-6,8,11H2,1H3. The maximum absolute atomic E-state index is 5.47. The second-order valence-electron chi connectivity index (χ2n) is 3.54. The van der Waals surface area contributed by atoms with Gasteiger partial charge in [0.2, 0.25) is 0 Å². The summed E-state index contributed by atoms with van der Waals surface area (Å²) in [5.41, 5.74) is 6.47. The SMILES string of the molecule is CCC(CN)=NC=NCNC1CCC1. The molecule has 0 spiro atoms. The molecule has 0 saturated heterocycles. The molecule has 1 saturated carbocycles. The summed E-state index contributed by atoms with van der Waals surface area (Å²) >= 11 is 0. The quantitative estimate of drug-likeness (QED) is 0.490. The molecule has 1 aliphatic rings. The second-order valence-corrected chi connectivity index (χ2v) is 3.54. The zero-order chi connectivity index (χ0) is 10.2. The summed E-state index contributed by atoms with van der Waals surface area (Å²) in [6.45, 7) is 3.25. The normalized spacial score (nSPS) is 18.9. The number of hydrogen-bond acceptors (Lipinski definition) is 3. The molecule has 0 bridgehead atoms. The van der Waals surface area contributed by atoms with Gasteiger partial charge in [0.1, 0.15) is 6.34 Å². The van der Waals surface area contributed by atoms with Crippen LogP contribution in [0.1, 0.15) is 32.6 Å². The average Bonchev–Trinajstić information content (AvgIpc) is 2.14. The van der Waals surface area contributed by atoms with E-state index in [1.54, 1.807) is 6.34 Å². The first kappa shape index (κ1) is 11.3. The largest absolute Gasteiger partial charge is 0.325 e. The van der Waals surface area contributed by atoms with E-state index in [4.69, 9.17) is 5.73 Å². The van der Waals surface area contributed by atoms with E-state index in [2.05, 4.69) is 15.3 Å². The van der Waals surface area contributed by atoms with Crippen LogP contribution in [0.15, 0.2) is 9.98 Å². The van der Waals surface area contributed by atoms with E-state index >= 15 is 0 Å². The molecular weight excluding hydrogens is 176 g/mol. The van der Waals surface area contributed by atoms with Crippen molar-refractivity contribution in [3.63, 3.8) is 0 Å². The highest BCUT2D eigenvalue weighted by Crippen LogP contribution is 2.17. The smallest absolute Gasteiger partial charge is 0.111 e. The van der Waals surface area contributed by atoms with Crippen LogP contribution in [0.2, 0.25) is 0 Å². The van der Waals surface area contributed by atoms with E-state index in [0.717, 1.165) is 12.1 Å². The molecule has 0 atom stereocenters. The molecule has 0 aromatic heterocycles. The summed E-state index contributed by atoms with van der Waals surface area (Å²) in [5.74, 6) is 0. The van der Waals surface area contributed by atoms with Crippen molar-refractivity contribution in [3.8, 4) is 0 Å². The van der Waals surface area contributed by atoms with E-state index in [1.807, 2.05) is 6.92 Å². The molecule has 1 aliphatic carbocycles. The minimum Gasteiger partial charge on any atom is -0.325 e. The molecule has 0 unspecified atom stereocenters. The number of nitrogens with one attached hydrogen (secondary N) is 1. The zero-order valence-electron chi connectivity index (χ0n) is 8.87. The van der Waals surface area contributed by atoms with Crippen LogP contribution in [0.25, 0.3) is 0 Å². The van der Waals surface area contributed by atoms with E-state index in [0.29, 0.717) is 19.3 Å². The van der Waals surface area contributed by atoms with E-state index in [1.165, 1.54) is 19.3 Å². The Kier molecular flexibility index (Phi) is 5.40. The molecule has 0 radical (unpaired) electrons. The predicted octanol–water partition coefficient (Wildman–Crippen LogP) is 0.924. The van der Waals surface area contributed by atoms with E-state index in [-0.39, 0.29) is 0 Å². The van der Waals surface area contributed by atoms with Gasteiger partial charge in [-0.1, -0.05) is 13.3 Å². The van der Waals surface area contributed by atoms with Crippen molar-refractivity contribution in [2.75, 3.05) is 13.2 Å². The summed E-state index contributed by atoms with van der Waals surface area (Å²) in [6.07, 6.45) is 6.45. The van der Waals surface area contributed by atoms with Crippen molar-refractivity contribution < 1.29 is 0 Å². The van der Waals surface area contributed by atoms with Crippen molar-refractivity contribution in [1.29, 1.82) is 0 Å². The third-order valence-corrected chi connectivity index (χ3v) is 2.54. The Morgan fingerprint density at radius 3 is 2.86 bits per heavy atom. The molecule has 14 heavy (non-hydrogen) atoms. The highest BCUT2D eigenvalue weighted by molar-refractivity contribution is 5.91. The molecule has 0 aromatic carbocycles. The average molecular weight is 196 g/mol. The predicted molar refractivity (Wildman–Crippen MR) is 60.9 cm³/mol. The second kappa shape index (κ2) is 6.68. The van der Waals surface area contributed by atoms with Gasteiger partial charge in [-0.2, -0.15) is 0 Å². The highest BCUT2D eigenvalue weighted by atomic mass is 15.0. The molecule has 1 fully saturated rings. The minimum atomic E-state index is 0.526. The number of aliphatic imine (C=N–C) groups is 2. The monoisotopic (exact) mass is 196 g/mol. The Labute approximate surface area is 85.7 Å². The fourth-order valence-corrected chi connectivity index (χ4v) is 1.25. The van der Waals surface area contributed by atoms with Crippen molar-refractivity contribution in [1.82, 2.24) is 5.32 Å². The van der Waals surface area contributed by atoms with Crippen LogP contribution in [-0.4, -0.2) is 31.3 Å². The zero-order valence-corrected chi connectivity index (χ0v) is 8.87. The summed E-state index contributed by atoms with van der Waals surface area (Å²) in [7, 11) is 0. The van der Waals surface area contributed by atoms with Gasteiger partial charge in [-0.25, -0.2) is 4.99 Å². The van der Waals surface area contributed by atoms with Gasteiger partial charge < -0.3 is 5.73 Å². The number of nitrogens with zero attached hydrogens (tertiary/aromatic N) is 2. The summed E-state index contributed by atoms with van der Waals surface area (Å²) < 4.78 is 0. The summed E-state index contributed by atoms with van der Waals surface area (Å²) in [4.78, 5) is 8.31. The van der Waals surface area contributed by atoms with Gasteiger partial charge in [-0.05, 0) is 19.3 Å². The first-order chi connectivity index (χ1) is 6.86. The molecule has 4 nitrogen and oxygen atoms in total. The Balaban J connectivity index is 2.09. The lowest BCUT2D eigenvalue weighted by atomic mass is 9.93. The molecule has 3 N–H and O–H groups in total. The van der Waals surface area contributed by atoms with Crippen LogP contribution in [0.4, 0.5) is 0 Å². The maximum Gasteiger partial charge on any atom is 0.111 e. The first-order valence-electron chi connectivity index (χ1n) is 5.34. The lowest BCUT2D eigenvalue weighted by Gasteiger charge is -2.25. The van der Waals surface area contributed by atoms with Gasteiger partial charge in [0, 0.05) is 18.3 Å². The van der Waals surface area contributed by atoms with Crippen molar-refractivity contribution in [2.45, 2.75) is 38.6 Å². The molecular formula is C10H20N4. The van der Waals surface area contributed by atoms with Crippen molar-refractivity contribution in [2.24, 2.45) is 15.7 Å². The Morgan fingerprint density at radius 2 is 2.36 bits per heavy atom. The molecule has 1 rings (SSSR count). The van der Waals surface area contributed by atoms with E-state index < -0.39 is 0 Å². The first-order valence-corrected chi connectivity index (χ1v) is 5.34. The Hall–Kier alpha value is -0.740. The molecule has 0 aliphatic heterocycles. The molecule has 0 heterocycles. The summed E-state index contributed by atoms with van der Waals surface area (Å²) in [6, 6.07) is 0.691. The minimum absolute atomic E-state index is 0.526. The van der Waals surface area contributed by atoms with Crippen LogP contribution in [-0.2, 0) is 0 Å². The van der Waals surface area contributed by atoms with Crippen LogP contribution in [0.5, 0.6) is 0 Å². The fourth-order valence-electron chi connectivity index (χ4n) is 1.25. The Bertz CT molecular complexity index is 200. The fraction of sp³-hybridized carbons (Fsp3) is 0.800. The molecule has 0 amide bonds. The summed E-state index contributed by atoms with van der Waals surface area (Å²) in [5, 5.41) is 3.33. The van der Waals surface area contributed by atoms with Gasteiger partial charge >= 0.3 is 0 Å². The topological polar surface area (TPSA) is 62.8 Å². The van der Waals surface area contributed by atoms with Crippen LogP contribution in [0.3, 0.4) is 0 Å². The van der Waals surface area contributed by atoms with Crippen LogP contribution < -0.4 is 11.1 Å².